The van der Waals surface area contributed by atoms with Crippen molar-refractivity contribution in [3.63, 3.8) is 0 Å². The molecule has 3 rings (SSSR count). The van der Waals surface area contributed by atoms with E-state index >= 15 is 0 Å². The van der Waals surface area contributed by atoms with Crippen molar-refractivity contribution in [1.82, 2.24) is 9.97 Å². The summed E-state index contributed by atoms with van der Waals surface area (Å²) in [5.74, 6) is -1.24. The lowest BCUT2D eigenvalue weighted by atomic mass is 10.0. The molecule has 0 aliphatic carbocycles. The normalized spacial score (nSPS) is 14.9. The van der Waals surface area contributed by atoms with E-state index in [1.54, 1.807) is 13.0 Å². The maximum Gasteiger partial charge on any atom is 0.352 e. The summed E-state index contributed by atoms with van der Waals surface area (Å²) in [6.45, 7) is 5.58. The Morgan fingerprint density at radius 3 is 2.74 bits per heavy atom. The number of aromatic carboxylic acids is 1. The minimum Gasteiger partial charge on any atom is -0.477 e. The molecular weight excluding hydrogens is 294 g/mol. The first kappa shape index (κ1) is 15.0. The maximum absolute atomic E-state index is 12.2. The van der Waals surface area contributed by atoms with Crippen LogP contribution in [0.25, 0.3) is 11.6 Å². The van der Waals surface area contributed by atoms with E-state index in [2.05, 4.69) is 15.3 Å². The van der Waals surface area contributed by atoms with Crippen LogP contribution in [0.3, 0.4) is 0 Å². The highest BCUT2D eigenvalue weighted by atomic mass is 16.4. The SMILES string of the molecule is CCc1c(C=C2C(=O)Nc3ccc(C)nc32)[nH]c(C(=O)O)c1C. The van der Waals surface area contributed by atoms with E-state index in [4.69, 9.17) is 0 Å². The molecule has 0 bridgehead atoms. The highest BCUT2D eigenvalue weighted by molar-refractivity contribution is 6.34. The standard InChI is InChI=1S/C17H17N3O3/c1-4-10-9(3)14(17(22)23)19-13(10)7-11-15-12(20-16(11)21)6-5-8(2)18-15/h5-7,19H,4H2,1-3H3,(H,20,21)(H,22,23). The molecule has 0 saturated heterocycles. The molecule has 1 amide bonds. The summed E-state index contributed by atoms with van der Waals surface area (Å²) in [7, 11) is 0. The molecule has 1 aliphatic rings. The fraction of sp³-hybridized carbons (Fsp3) is 0.235. The smallest absolute Gasteiger partial charge is 0.352 e. The van der Waals surface area contributed by atoms with Gasteiger partial charge in [-0.1, -0.05) is 6.92 Å². The summed E-state index contributed by atoms with van der Waals surface area (Å²) >= 11 is 0. The molecule has 0 atom stereocenters. The van der Waals surface area contributed by atoms with E-state index in [1.807, 2.05) is 26.0 Å². The zero-order valence-electron chi connectivity index (χ0n) is 13.2. The summed E-state index contributed by atoms with van der Waals surface area (Å²) in [6.07, 6.45) is 2.36. The van der Waals surface area contributed by atoms with Crippen LogP contribution >= 0.6 is 0 Å². The van der Waals surface area contributed by atoms with Crippen molar-refractivity contribution in [3.05, 3.63) is 46.0 Å². The molecule has 0 fully saturated rings. The average molecular weight is 311 g/mol. The van der Waals surface area contributed by atoms with Gasteiger partial charge >= 0.3 is 5.97 Å². The van der Waals surface area contributed by atoms with E-state index in [0.29, 0.717) is 34.6 Å². The highest BCUT2D eigenvalue weighted by Crippen LogP contribution is 2.32. The number of carboxylic acid groups (broad SMARTS) is 1. The topological polar surface area (TPSA) is 95.1 Å². The number of carboxylic acids is 1. The van der Waals surface area contributed by atoms with Gasteiger partial charge in [-0.3, -0.25) is 9.78 Å². The van der Waals surface area contributed by atoms with Gasteiger partial charge in [0, 0.05) is 11.4 Å². The van der Waals surface area contributed by atoms with Crippen LogP contribution in [0.5, 0.6) is 0 Å². The number of aromatic amines is 1. The lowest BCUT2D eigenvalue weighted by Gasteiger charge is -2.01. The van der Waals surface area contributed by atoms with E-state index in [0.717, 1.165) is 11.3 Å². The molecule has 6 nitrogen and oxygen atoms in total. The quantitative estimate of drug-likeness (QED) is 0.760. The van der Waals surface area contributed by atoms with Gasteiger partial charge in [0.2, 0.25) is 0 Å². The molecule has 2 aromatic rings. The Morgan fingerprint density at radius 1 is 1.35 bits per heavy atom. The van der Waals surface area contributed by atoms with Crippen molar-refractivity contribution in [1.29, 1.82) is 0 Å². The number of fused-ring (bicyclic) bond motifs is 1. The number of carbonyl (C=O) groups excluding carboxylic acids is 1. The molecule has 0 spiro atoms. The van der Waals surface area contributed by atoms with Crippen molar-refractivity contribution in [2.75, 3.05) is 5.32 Å². The van der Waals surface area contributed by atoms with Crippen molar-refractivity contribution in [3.8, 4) is 0 Å². The van der Waals surface area contributed by atoms with E-state index < -0.39 is 5.97 Å². The van der Waals surface area contributed by atoms with Gasteiger partial charge in [-0.05, 0) is 49.6 Å². The number of hydrogen-bond donors (Lipinski definition) is 3. The molecule has 2 aromatic heterocycles. The molecule has 3 heterocycles. The number of amides is 1. The van der Waals surface area contributed by atoms with Gasteiger partial charge in [-0.15, -0.1) is 0 Å². The average Bonchev–Trinajstić information content (AvgIpc) is 2.97. The van der Waals surface area contributed by atoms with Gasteiger partial charge in [0.05, 0.1) is 17.0 Å². The van der Waals surface area contributed by atoms with Crippen LogP contribution in [0.15, 0.2) is 12.1 Å². The Morgan fingerprint density at radius 2 is 2.09 bits per heavy atom. The predicted octanol–water partition coefficient (Wildman–Crippen LogP) is 2.78. The summed E-state index contributed by atoms with van der Waals surface area (Å²) < 4.78 is 0. The number of rotatable bonds is 3. The Balaban J connectivity index is 2.17. The third-order valence-corrected chi connectivity index (χ3v) is 4.05. The maximum atomic E-state index is 12.2. The Labute approximate surface area is 133 Å². The number of nitrogens with one attached hydrogen (secondary N) is 2. The fourth-order valence-corrected chi connectivity index (χ4v) is 2.89. The van der Waals surface area contributed by atoms with Crippen LogP contribution in [0, 0.1) is 13.8 Å². The monoisotopic (exact) mass is 311 g/mol. The van der Waals surface area contributed by atoms with Crippen LogP contribution < -0.4 is 5.32 Å². The molecule has 23 heavy (non-hydrogen) atoms. The first-order chi connectivity index (χ1) is 10.9. The lowest BCUT2D eigenvalue weighted by molar-refractivity contribution is -0.110. The molecule has 0 unspecified atom stereocenters. The van der Waals surface area contributed by atoms with Crippen LogP contribution in [0.1, 0.15) is 45.6 Å². The zero-order valence-corrected chi connectivity index (χ0v) is 13.2. The number of carbonyl (C=O) groups is 2. The largest absolute Gasteiger partial charge is 0.477 e. The highest BCUT2D eigenvalue weighted by Gasteiger charge is 2.27. The number of aryl methyl sites for hydroxylation is 1. The molecule has 1 aliphatic heterocycles. The van der Waals surface area contributed by atoms with Gasteiger partial charge in [0.25, 0.3) is 5.91 Å². The Bertz CT molecular complexity index is 862. The first-order valence-electron chi connectivity index (χ1n) is 7.38. The molecule has 0 radical (unpaired) electrons. The van der Waals surface area contributed by atoms with Crippen LogP contribution in [0.2, 0.25) is 0 Å². The van der Waals surface area contributed by atoms with E-state index in [9.17, 15) is 14.7 Å². The van der Waals surface area contributed by atoms with E-state index in [1.165, 1.54) is 0 Å². The minimum absolute atomic E-state index is 0.157. The minimum atomic E-state index is -1.01. The van der Waals surface area contributed by atoms with Crippen molar-refractivity contribution in [2.45, 2.75) is 27.2 Å². The van der Waals surface area contributed by atoms with Gasteiger partial charge in [-0.25, -0.2) is 4.79 Å². The van der Waals surface area contributed by atoms with E-state index in [-0.39, 0.29) is 11.6 Å². The number of aromatic nitrogens is 2. The van der Waals surface area contributed by atoms with Gasteiger partial charge in [-0.2, -0.15) is 0 Å². The molecule has 6 heteroatoms. The number of nitrogens with zero attached hydrogens (tertiary/aromatic N) is 1. The lowest BCUT2D eigenvalue weighted by Crippen LogP contribution is -2.04. The summed E-state index contributed by atoms with van der Waals surface area (Å²) in [6, 6.07) is 3.65. The van der Waals surface area contributed by atoms with Gasteiger partial charge in [0.1, 0.15) is 5.69 Å². The third-order valence-electron chi connectivity index (χ3n) is 4.05. The second kappa shape index (κ2) is 5.39. The fourth-order valence-electron chi connectivity index (χ4n) is 2.89. The van der Waals surface area contributed by atoms with Crippen LogP contribution in [0.4, 0.5) is 5.69 Å². The Kier molecular flexibility index (Phi) is 3.52. The van der Waals surface area contributed by atoms with Crippen molar-refractivity contribution >= 4 is 29.2 Å². The first-order valence-corrected chi connectivity index (χ1v) is 7.38. The van der Waals surface area contributed by atoms with Crippen LogP contribution in [-0.2, 0) is 11.2 Å². The molecule has 0 saturated carbocycles. The number of anilines is 1. The van der Waals surface area contributed by atoms with Crippen molar-refractivity contribution < 1.29 is 14.7 Å². The molecule has 0 aromatic carbocycles. The number of pyridine rings is 1. The second-order valence-electron chi connectivity index (χ2n) is 5.54. The molecule has 3 N–H and O–H groups in total. The second-order valence-corrected chi connectivity index (χ2v) is 5.54. The Hall–Kier alpha value is -2.89. The van der Waals surface area contributed by atoms with Crippen LogP contribution in [-0.4, -0.2) is 27.0 Å². The summed E-state index contributed by atoms with van der Waals surface area (Å²) in [5.41, 5.74) is 4.92. The molecular formula is C17H17N3O3. The number of hydrogen-bond acceptors (Lipinski definition) is 3. The summed E-state index contributed by atoms with van der Waals surface area (Å²) in [5, 5.41) is 12.0. The zero-order chi connectivity index (χ0) is 16.7. The predicted molar refractivity (Wildman–Crippen MR) is 87.3 cm³/mol. The molecule has 118 valence electrons. The van der Waals surface area contributed by atoms with Gasteiger partial charge < -0.3 is 15.4 Å². The van der Waals surface area contributed by atoms with Gasteiger partial charge in [0.15, 0.2) is 0 Å². The number of H-pyrrole nitrogens is 1. The third kappa shape index (κ3) is 2.42. The van der Waals surface area contributed by atoms with Crippen molar-refractivity contribution in [2.24, 2.45) is 0 Å². The summed E-state index contributed by atoms with van der Waals surface area (Å²) in [4.78, 5) is 30.9.